The SMILES string of the molecule is CC(c1ncccc1F)N(Cc1ccc(-c2ccnn2C)cn1)C(=O)C(=O)Nc1cnc(N)c2c1COC2. The second-order valence-corrected chi connectivity index (χ2v) is 8.82. The molecule has 0 saturated heterocycles. The molecule has 1 aliphatic heterocycles. The fourth-order valence-electron chi connectivity index (χ4n) is 4.34. The average molecular weight is 517 g/mol. The van der Waals surface area contributed by atoms with E-state index in [2.05, 4.69) is 25.4 Å². The Kier molecular flexibility index (Phi) is 6.79. The van der Waals surface area contributed by atoms with Gasteiger partial charge in [0.05, 0.1) is 54.8 Å². The molecular formula is C26H25FN8O3. The molecular weight excluding hydrogens is 491 g/mol. The molecule has 0 aliphatic carbocycles. The smallest absolute Gasteiger partial charge is 0.313 e. The molecule has 1 aliphatic rings. The van der Waals surface area contributed by atoms with E-state index in [1.165, 1.54) is 29.4 Å². The van der Waals surface area contributed by atoms with E-state index < -0.39 is 23.7 Å². The van der Waals surface area contributed by atoms with Crippen LogP contribution in [0.1, 0.15) is 35.5 Å². The van der Waals surface area contributed by atoms with E-state index in [0.717, 1.165) is 11.3 Å². The molecule has 12 heteroatoms. The maximum atomic E-state index is 14.6. The molecule has 4 aromatic rings. The quantitative estimate of drug-likeness (QED) is 0.373. The van der Waals surface area contributed by atoms with Crippen molar-refractivity contribution in [1.29, 1.82) is 0 Å². The van der Waals surface area contributed by atoms with Crippen molar-refractivity contribution in [3.63, 3.8) is 0 Å². The van der Waals surface area contributed by atoms with Crippen LogP contribution >= 0.6 is 0 Å². The van der Waals surface area contributed by atoms with Crippen molar-refractivity contribution in [3.8, 4) is 11.3 Å². The average Bonchev–Trinajstić information content (AvgIpc) is 3.59. The van der Waals surface area contributed by atoms with Crippen molar-refractivity contribution in [1.82, 2.24) is 29.6 Å². The molecule has 0 fully saturated rings. The third-order valence-corrected chi connectivity index (χ3v) is 6.45. The van der Waals surface area contributed by atoms with Crippen molar-refractivity contribution in [2.45, 2.75) is 32.7 Å². The summed E-state index contributed by atoms with van der Waals surface area (Å²) < 4.78 is 21.8. The van der Waals surface area contributed by atoms with Crippen molar-refractivity contribution >= 4 is 23.3 Å². The fraction of sp³-hybridized carbons (Fsp3) is 0.231. The fourth-order valence-corrected chi connectivity index (χ4v) is 4.34. The van der Waals surface area contributed by atoms with Gasteiger partial charge in [0, 0.05) is 42.3 Å². The summed E-state index contributed by atoms with van der Waals surface area (Å²) in [4.78, 5) is 40.5. The number of aromatic nitrogens is 5. The molecule has 0 saturated carbocycles. The molecule has 2 amide bonds. The molecule has 194 valence electrons. The predicted octanol–water partition coefficient (Wildman–Crippen LogP) is 2.75. The monoisotopic (exact) mass is 516 g/mol. The molecule has 5 rings (SSSR count). The molecule has 3 N–H and O–H groups in total. The van der Waals surface area contributed by atoms with E-state index in [4.69, 9.17) is 10.5 Å². The van der Waals surface area contributed by atoms with Crippen LogP contribution in [0.4, 0.5) is 15.9 Å². The number of nitrogens with one attached hydrogen (secondary N) is 1. The van der Waals surface area contributed by atoms with Crippen LogP contribution in [0.25, 0.3) is 11.3 Å². The first-order valence-corrected chi connectivity index (χ1v) is 11.8. The Morgan fingerprint density at radius 1 is 1.13 bits per heavy atom. The maximum absolute atomic E-state index is 14.6. The summed E-state index contributed by atoms with van der Waals surface area (Å²) in [5, 5.41) is 6.78. The molecule has 1 atom stereocenters. The highest BCUT2D eigenvalue weighted by Crippen LogP contribution is 2.30. The number of pyridine rings is 3. The summed E-state index contributed by atoms with van der Waals surface area (Å²) in [5.74, 6) is -2.08. The first-order valence-electron chi connectivity index (χ1n) is 11.8. The lowest BCUT2D eigenvalue weighted by Gasteiger charge is -2.28. The van der Waals surface area contributed by atoms with E-state index >= 15 is 0 Å². The highest BCUT2D eigenvalue weighted by molar-refractivity contribution is 6.39. The summed E-state index contributed by atoms with van der Waals surface area (Å²) in [6, 6.07) is 7.29. The first kappa shape index (κ1) is 25.0. The molecule has 38 heavy (non-hydrogen) atoms. The number of carbonyl (C=O) groups excluding carboxylic acids is 2. The number of nitrogen functional groups attached to an aromatic ring is 1. The van der Waals surface area contributed by atoms with Gasteiger partial charge >= 0.3 is 11.8 Å². The van der Waals surface area contributed by atoms with Gasteiger partial charge < -0.3 is 20.7 Å². The molecule has 4 aromatic heterocycles. The van der Waals surface area contributed by atoms with Crippen molar-refractivity contribution in [2.24, 2.45) is 7.05 Å². The van der Waals surface area contributed by atoms with Crippen LogP contribution in [-0.2, 0) is 41.1 Å². The summed E-state index contributed by atoms with van der Waals surface area (Å²) in [6.07, 6.45) is 6.16. The predicted molar refractivity (Wildman–Crippen MR) is 135 cm³/mol. The topological polar surface area (TPSA) is 141 Å². The Balaban J connectivity index is 1.42. The van der Waals surface area contributed by atoms with Gasteiger partial charge in [0.15, 0.2) is 0 Å². The second-order valence-electron chi connectivity index (χ2n) is 8.82. The number of nitrogens with two attached hydrogens (primary N) is 1. The van der Waals surface area contributed by atoms with Gasteiger partial charge in [0.25, 0.3) is 0 Å². The summed E-state index contributed by atoms with van der Waals surface area (Å²) in [5.41, 5.74) is 9.81. The van der Waals surface area contributed by atoms with Crippen molar-refractivity contribution < 1.29 is 18.7 Å². The summed E-state index contributed by atoms with van der Waals surface area (Å²) in [6.45, 7) is 2.06. The van der Waals surface area contributed by atoms with Crippen molar-refractivity contribution in [3.05, 3.63) is 83.5 Å². The van der Waals surface area contributed by atoms with Crippen LogP contribution in [0.2, 0.25) is 0 Å². The Morgan fingerprint density at radius 2 is 1.95 bits per heavy atom. The van der Waals surface area contributed by atoms with Gasteiger partial charge in [-0.3, -0.25) is 24.2 Å². The first-order chi connectivity index (χ1) is 18.3. The molecule has 0 spiro atoms. The molecule has 11 nitrogen and oxygen atoms in total. The zero-order chi connectivity index (χ0) is 26.8. The van der Waals surface area contributed by atoms with E-state index in [-0.39, 0.29) is 25.5 Å². The number of carbonyl (C=O) groups is 2. The lowest BCUT2D eigenvalue weighted by molar-refractivity contribution is -0.145. The van der Waals surface area contributed by atoms with Crippen molar-refractivity contribution in [2.75, 3.05) is 11.1 Å². The molecule has 0 bridgehead atoms. The zero-order valence-electron chi connectivity index (χ0n) is 20.8. The molecule has 5 heterocycles. The third kappa shape index (κ3) is 4.81. The number of aryl methyl sites for hydroxylation is 1. The normalized spacial score (nSPS) is 13.1. The van der Waals surface area contributed by atoms with E-state index in [9.17, 15) is 14.0 Å². The molecule has 1 unspecified atom stereocenters. The number of ether oxygens (including phenoxy) is 1. The van der Waals surface area contributed by atoms with Gasteiger partial charge in [0.2, 0.25) is 0 Å². The molecule has 0 aromatic carbocycles. The van der Waals surface area contributed by atoms with Gasteiger partial charge in [-0.25, -0.2) is 9.37 Å². The number of rotatable bonds is 6. The minimum Gasteiger partial charge on any atom is -0.383 e. The zero-order valence-corrected chi connectivity index (χ0v) is 20.8. The number of anilines is 2. The molecule has 0 radical (unpaired) electrons. The summed E-state index contributed by atoms with van der Waals surface area (Å²) in [7, 11) is 1.82. The Hall–Kier alpha value is -4.71. The number of amides is 2. The van der Waals surface area contributed by atoms with Crippen LogP contribution in [0.5, 0.6) is 0 Å². The van der Waals surface area contributed by atoms with Crippen LogP contribution in [-0.4, -0.2) is 41.4 Å². The third-order valence-electron chi connectivity index (χ3n) is 6.45. The van der Waals surface area contributed by atoms with Gasteiger partial charge in [-0.15, -0.1) is 0 Å². The largest absolute Gasteiger partial charge is 0.383 e. The number of nitrogens with zero attached hydrogens (tertiary/aromatic N) is 6. The Bertz CT molecular complexity index is 1500. The van der Waals surface area contributed by atoms with Gasteiger partial charge in [-0.05, 0) is 37.3 Å². The lowest BCUT2D eigenvalue weighted by Crippen LogP contribution is -2.41. The van der Waals surface area contributed by atoms with Crippen LogP contribution in [0, 0.1) is 5.82 Å². The lowest BCUT2D eigenvalue weighted by atomic mass is 10.1. The standard InChI is InChI=1S/C26H25FN8O3/c1-15(23-20(27)4-3-8-29-23)35(12-17-6-5-16(10-30-17)22-7-9-32-34(22)2)26(37)25(36)33-21-11-31-24(28)19-14-38-13-18(19)21/h3-11,15H,12-14H2,1-2H3,(H2,28,31)(H,33,36). The Labute approximate surface area is 217 Å². The minimum absolute atomic E-state index is 0.0311. The van der Waals surface area contributed by atoms with E-state index in [1.54, 1.807) is 30.1 Å². The summed E-state index contributed by atoms with van der Waals surface area (Å²) >= 11 is 0. The highest BCUT2D eigenvalue weighted by atomic mass is 19.1. The number of hydrogen-bond acceptors (Lipinski definition) is 8. The van der Waals surface area contributed by atoms with Crippen LogP contribution in [0.15, 0.2) is 55.1 Å². The van der Waals surface area contributed by atoms with Gasteiger partial charge in [-0.1, -0.05) is 0 Å². The second kappa shape index (κ2) is 10.3. The van der Waals surface area contributed by atoms with Gasteiger partial charge in [0.1, 0.15) is 11.6 Å². The number of fused-ring (bicyclic) bond motifs is 1. The van der Waals surface area contributed by atoms with Crippen LogP contribution < -0.4 is 11.1 Å². The van der Waals surface area contributed by atoms with E-state index in [1.807, 2.05) is 19.2 Å². The van der Waals surface area contributed by atoms with Crippen LogP contribution in [0.3, 0.4) is 0 Å². The van der Waals surface area contributed by atoms with Gasteiger partial charge in [-0.2, -0.15) is 5.10 Å². The number of halogens is 1. The maximum Gasteiger partial charge on any atom is 0.313 e. The Morgan fingerprint density at radius 3 is 2.66 bits per heavy atom. The minimum atomic E-state index is -0.916. The highest BCUT2D eigenvalue weighted by Gasteiger charge is 2.31. The number of hydrogen-bond donors (Lipinski definition) is 2. The van der Waals surface area contributed by atoms with E-state index in [0.29, 0.717) is 28.3 Å².